The molecule has 2 rings (SSSR count). The Bertz CT molecular complexity index is 488. The Hall–Kier alpha value is -1.74. The average Bonchev–Trinajstić information content (AvgIpc) is 2.88. The summed E-state index contributed by atoms with van der Waals surface area (Å²) in [7, 11) is 0. The lowest BCUT2D eigenvalue weighted by Gasteiger charge is -2.14. The van der Waals surface area contributed by atoms with Gasteiger partial charge in [0.1, 0.15) is 12.4 Å². The second-order valence-electron chi connectivity index (χ2n) is 4.42. The molecule has 6 heteroatoms. The highest BCUT2D eigenvalue weighted by atomic mass is 19.4. The summed E-state index contributed by atoms with van der Waals surface area (Å²) in [6.07, 6.45) is -2.53. The van der Waals surface area contributed by atoms with E-state index in [-0.39, 0.29) is 17.4 Å². The lowest BCUT2D eigenvalue weighted by Crippen LogP contribution is -2.28. The van der Waals surface area contributed by atoms with Crippen LogP contribution in [0.15, 0.2) is 18.2 Å². The fourth-order valence-electron chi connectivity index (χ4n) is 2.04. The third kappa shape index (κ3) is 3.38. The number of nitrogens with zero attached hydrogens (tertiary/aromatic N) is 1. The Morgan fingerprint density at radius 2 is 2.21 bits per heavy atom. The minimum Gasteiger partial charge on any atom is -0.492 e. The van der Waals surface area contributed by atoms with Crippen LogP contribution in [0, 0.1) is 11.3 Å². The molecule has 1 aromatic rings. The quantitative estimate of drug-likeness (QED) is 0.918. The van der Waals surface area contributed by atoms with Gasteiger partial charge in [0.25, 0.3) is 0 Å². The van der Waals surface area contributed by atoms with Gasteiger partial charge < -0.3 is 10.1 Å². The minimum absolute atomic E-state index is 0.139. The maximum Gasteiger partial charge on any atom is 0.417 e. The van der Waals surface area contributed by atoms with Crippen LogP contribution in [-0.2, 0) is 6.18 Å². The molecule has 102 valence electrons. The van der Waals surface area contributed by atoms with Crippen LogP contribution in [0.2, 0.25) is 0 Å². The molecule has 1 saturated heterocycles. The number of benzene rings is 1. The minimum atomic E-state index is -4.55. The van der Waals surface area contributed by atoms with Gasteiger partial charge in [-0.2, -0.15) is 18.4 Å². The van der Waals surface area contributed by atoms with Crippen LogP contribution in [-0.4, -0.2) is 19.2 Å². The standard InChI is InChI=1S/C13H13F3N2O/c14-13(15,16)12-6-11(4-3-9(12)7-17)19-8-10-2-1-5-18-10/h3-4,6,10,18H,1-2,5,8H2. The summed E-state index contributed by atoms with van der Waals surface area (Å²) in [5.41, 5.74) is -1.34. The fraction of sp³-hybridized carbons (Fsp3) is 0.462. The smallest absolute Gasteiger partial charge is 0.417 e. The third-order valence-corrected chi connectivity index (χ3v) is 3.03. The summed E-state index contributed by atoms with van der Waals surface area (Å²) < 4.78 is 43.6. The third-order valence-electron chi connectivity index (χ3n) is 3.03. The van der Waals surface area contributed by atoms with Crippen molar-refractivity contribution in [1.82, 2.24) is 5.32 Å². The lowest BCUT2D eigenvalue weighted by molar-refractivity contribution is -0.137. The van der Waals surface area contributed by atoms with E-state index in [4.69, 9.17) is 10.00 Å². The summed E-state index contributed by atoms with van der Waals surface area (Å²) in [6, 6.07) is 5.14. The van der Waals surface area contributed by atoms with Gasteiger partial charge in [-0.25, -0.2) is 0 Å². The van der Waals surface area contributed by atoms with Crippen LogP contribution in [0.1, 0.15) is 24.0 Å². The molecule has 0 aliphatic carbocycles. The van der Waals surface area contributed by atoms with Crippen molar-refractivity contribution in [3.8, 4) is 11.8 Å². The summed E-state index contributed by atoms with van der Waals surface area (Å²) in [4.78, 5) is 0. The maximum atomic E-state index is 12.7. The highest BCUT2D eigenvalue weighted by molar-refractivity contribution is 5.44. The van der Waals surface area contributed by atoms with E-state index in [1.807, 2.05) is 0 Å². The Kier molecular flexibility index (Phi) is 3.96. The predicted molar refractivity (Wildman–Crippen MR) is 62.7 cm³/mol. The maximum absolute atomic E-state index is 12.7. The second-order valence-corrected chi connectivity index (χ2v) is 4.42. The van der Waals surface area contributed by atoms with E-state index in [1.165, 1.54) is 12.1 Å². The molecule has 0 aromatic heterocycles. The molecule has 1 unspecified atom stereocenters. The van der Waals surface area contributed by atoms with Crippen LogP contribution in [0.25, 0.3) is 0 Å². The molecule has 1 aliphatic heterocycles. The summed E-state index contributed by atoms with van der Waals surface area (Å²) in [5, 5.41) is 11.9. The van der Waals surface area contributed by atoms with Gasteiger partial charge >= 0.3 is 6.18 Å². The normalized spacial score (nSPS) is 19.2. The number of nitrogens with one attached hydrogen (secondary N) is 1. The van der Waals surface area contributed by atoms with Crippen LogP contribution < -0.4 is 10.1 Å². The van der Waals surface area contributed by atoms with Crippen LogP contribution in [0.3, 0.4) is 0 Å². The molecule has 0 bridgehead atoms. The van der Waals surface area contributed by atoms with E-state index < -0.39 is 11.7 Å². The van der Waals surface area contributed by atoms with Gasteiger partial charge in [0.15, 0.2) is 0 Å². The number of ether oxygens (including phenoxy) is 1. The van der Waals surface area contributed by atoms with Crippen molar-refractivity contribution < 1.29 is 17.9 Å². The summed E-state index contributed by atoms with van der Waals surface area (Å²) in [5.74, 6) is 0.139. The molecule has 0 spiro atoms. The molecule has 3 nitrogen and oxygen atoms in total. The molecule has 19 heavy (non-hydrogen) atoms. The molecule has 1 N–H and O–H groups in total. The van der Waals surface area contributed by atoms with E-state index >= 15 is 0 Å². The first-order valence-electron chi connectivity index (χ1n) is 5.98. The highest BCUT2D eigenvalue weighted by Gasteiger charge is 2.34. The van der Waals surface area contributed by atoms with Crippen molar-refractivity contribution in [2.24, 2.45) is 0 Å². The number of alkyl halides is 3. The van der Waals surface area contributed by atoms with Gasteiger partial charge in [-0.3, -0.25) is 0 Å². The second kappa shape index (κ2) is 5.49. The SMILES string of the molecule is N#Cc1ccc(OCC2CCCN2)cc1C(F)(F)F. The molecule has 1 aliphatic rings. The highest BCUT2D eigenvalue weighted by Crippen LogP contribution is 2.34. The zero-order valence-electron chi connectivity index (χ0n) is 10.1. The molecule has 1 fully saturated rings. The van der Waals surface area contributed by atoms with E-state index in [0.29, 0.717) is 6.61 Å². The molecule has 0 saturated carbocycles. The van der Waals surface area contributed by atoms with E-state index in [9.17, 15) is 13.2 Å². The Balaban J connectivity index is 2.11. The van der Waals surface area contributed by atoms with Gasteiger partial charge in [0.2, 0.25) is 0 Å². The average molecular weight is 270 g/mol. The zero-order valence-corrected chi connectivity index (χ0v) is 10.1. The molecule has 1 atom stereocenters. The molecule has 0 amide bonds. The monoisotopic (exact) mass is 270 g/mol. The van der Waals surface area contributed by atoms with Gasteiger partial charge in [0.05, 0.1) is 17.2 Å². The van der Waals surface area contributed by atoms with Crippen LogP contribution in [0.5, 0.6) is 5.75 Å². The van der Waals surface area contributed by atoms with Gasteiger partial charge in [-0.1, -0.05) is 0 Å². The molecule has 1 heterocycles. The first-order valence-corrected chi connectivity index (χ1v) is 5.98. The fourth-order valence-corrected chi connectivity index (χ4v) is 2.04. The van der Waals surface area contributed by atoms with Crippen molar-refractivity contribution in [2.75, 3.05) is 13.2 Å². The van der Waals surface area contributed by atoms with Crippen molar-refractivity contribution in [1.29, 1.82) is 5.26 Å². The van der Waals surface area contributed by atoms with Gasteiger partial charge in [-0.15, -0.1) is 0 Å². The number of rotatable bonds is 3. The number of nitriles is 1. The Labute approximate surface area is 109 Å². The summed E-state index contributed by atoms with van der Waals surface area (Å²) in [6.45, 7) is 1.25. The lowest BCUT2D eigenvalue weighted by atomic mass is 10.1. The number of hydrogen-bond acceptors (Lipinski definition) is 3. The molecular weight excluding hydrogens is 257 g/mol. The van der Waals surface area contributed by atoms with E-state index in [2.05, 4.69) is 5.32 Å². The van der Waals surface area contributed by atoms with Crippen molar-refractivity contribution in [3.63, 3.8) is 0 Å². The first-order chi connectivity index (χ1) is 9.00. The van der Waals surface area contributed by atoms with Crippen molar-refractivity contribution in [3.05, 3.63) is 29.3 Å². The Morgan fingerprint density at radius 1 is 1.42 bits per heavy atom. The van der Waals surface area contributed by atoms with E-state index in [0.717, 1.165) is 31.5 Å². The van der Waals surface area contributed by atoms with E-state index in [1.54, 1.807) is 0 Å². The predicted octanol–water partition coefficient (Wildman–Crippen LogP) is 2.71. The van der Waals surface area contributed by atoms with Gasteiger partial charge in [0, 0.05) is 6.04 Å². The molecular formula is C13H13F3N2O. The van der Waals surface area contributed by atoms with Crippen LogP contribution >= 0.6 is 0 Å². The molecule has 0 radical (unpaired) electrons. The number of halogens is 3. The van der Waals surface area contributed by atoms with Crippen molar-refractivity contribution >= 4 is 0 Å². The Morgan fingerprint density at radius 3 is 2.79 bits per heavy atom. The summed E-state index contributed by atoms with van der Waals surface area (Å²) >= 11 is 0. The topological polar surface area (TPSA) is 45.0 Å². The van der Waals surface area contributed by atoms with Gasteiger partial charge in [-0.05, 0) is 37.6 Å². The zero-order chi connectivity index (χ0) is 13.9. The van der Waals surface area contributed by atoms with Crippen molar-refractivity contribution in [2.45, 2.75) is 25.1 Å². The van der Waals surface area contributed by atoms with Crippen LogP contribution in [0.4, 0.5) is 13.2 Å². The number of hydrogen-bond donors (Lipinski definition) is 1. The molecule has 1 aromatic carbocycles. The first kappa shape index (κ1) is 13.7. The largest absolute Gasteiger partial charge is 0.492 e.